The third-order valence-electron chi connectivity index (χ3n) is 4.21. The number of para-hydroxylation sites is 1. The van der Waals surface area contributed by atoms with Crippen LogP contribution in [0.15, 0.2) is 41.3 Å². The molecule has 1 amide bonds. The Morgan fingerprint density at radius 1 is 1.08 bits per heavy atom. The van der Waals surface area contributed by atoms with Gasteiger partial charge in [0.05, 0.1) is 10.6 Å². The number of aryl methyl sites for hydroxylation is 2. The van der Waals surface area contributed by atoms with Crippen molar-refractivity contribution in [2.24, 2.45) is 0 Å². The van der Waals surface area contributed by atoms with E-state index in [9.17, 15) is 13.2 Å². The summed E-state index contributed by atoms with van der Waals surface area (Å²) in [6.07, 6.45) is 0. The van der Waals surface area contributed by atoms with Crippen LogP contribution >= 0.6 is 0 Å². The van der Waals surface area contributed by atoms with E-state index < -0.39 is 15.6 Å². The Morgan fingerprint density at radius 2 is 1.80 bits per heavy atom. The van der Waals surface area contributed by atoms with Gasteiger partial charge in [-0.05, 0) is 63.1 Å². The summed E-state index contributed by atoms with van der Waals surface area (Å²) in [6.45, 7) is 7.07. The first-order valence-electron chi connectivity index (χ1n) is 7.84. The van der Waals surface area contributed by atoms with Gasteiger partial charge in [0.1, 0.15) is 11.4 Å². The second kappa shape index (κ2) is 5.77. The first-order valence-corrected chi connectivity index (χ1v) is 9.32. The third-order valence-corrected chi connectivity index (χ3v) is 5.57. The second-order valence-corrected chi connectivity index (χ2v) is 8.28. The van der Waals surface area contributed by atoms with Gasteiger partial charge >= 0.3 is 0 Å². The molecule has 0 radical (unpaired) electrons. The standard InChI is InChI=1S/C18H20N2O4S/c1-11-8-9-13(10-12(11)2)25(22,23)20-14-6-5-7-15-16(14)19-17(21)18(3,4)24-15/h5-10,20H,1-4H3,(H,19,21). The molecular weight excluding hydrogens is 340 g/mol. The van der Waals surface area contributed by atoms with E-state index >= 15 is 0 Å². The smallest absolute Gasteiger partial charge is 0.268 e. The number of amides is 1. The normalized spacial score (nSPS) is 15.8. The van der Waals surface area contributed by atoms with Crippen LogP contribution in [0.3, 0.4) is 0 Å². The average Bonchev–Trinajstić information content (AvgIpc) is 2.51. The van der Waals surface area contributed by atoms with Crippen molar-refractivity contribution in [2.45, 2.75) is 38.2 Å². The maximum Gasteiger partial charge on any atom is 0.268 e. The predicted octanol–water partition coefficient (Wildman–Crippen LogP) is 3.21. The first-order chi connectivity index (χ1) is 11.6. The maximum atomic E-state index is 12.7. The molecule has 7 heteroatoms. The van der Waals surface area contributed by atoms with Crippen molar-refractivity contribution in [3.8, 4) is 5.75 Å². The quantitative estimate of drug-likeness (QED) is 0.880. The highest BCUT2D eigenvalue weighted by Gasteiger charge is 2.36. The van der Waals surface area contributed by atoms with Gasteiger partial charge in [-0.3, -0.25) is 9.52 Å². The fourth-order valence-electron chi connectivity index (χ4n) is 2.50. The third kappa shape index (κ3) is 3.19. The summed E-state index contributed by atoms with van der Waals surface area (Å²) in [4.78, 5) is 12.3. The van der Waals surface area contributed by atoms with E-state index in [4.69, 9.17) is 4.74 Å². The highest BCUT2D eigenvalue weighted by atomic mass is 32.2. The summed E-state index contributed by atoms with van der Waals surface area (Å²) in [6, 6.07) is 9.87. The van der Waals surface area contributed by atoms with E-state index in [0.29, 0.717) is 11.4 Å². The molecule has 0 atom stereocenters. The Hall–Kier alpha value is -2.54. The molecule has 2 aromatic rings. The number of rotatable bonds is 3. The lowest BCUT2D eigenvalue weighted by molar-refractivity contribution is -0.129. The number of anilines is 2. The van der Waals surface area contributed by atoms with Crippen molar-refractivity contribution in [1.29, 1.82) is 0 Å². The molecule has 1 aliphatic heterocycles. The lowest BCUT2D eigenvalue weighted by atomic mass is 10.1. The molecule has 25 heavy (non-hydrogen) atoms. The summed E-state index contributed by atoms with van der Waals surface area (Å²) in [5.41, 5.74) is 1.47. The van der Waals surface area contributed by atoms with Crippen LogP contribution in [0, 0.1) is 13.8 Å². The Bertz CT molecular complexity index is 965. The molecule has 2 N–H and O–H groups in total. The van der Waals surface area contributed by atoms with E-state index in [1.54, 1.807) is 50.2 Å². The summed E-state index contributed by atoms with van der Waals surface area (Å²) in [5, 5.41) is 2.72. The van der Waals surface area contributed by atoms with Gasteiger partial charge in [-0.25, -0.2) is 8.42 Å². The lowest BCUT2D eigenvalue weighted by Gasteiger charge is -2.32. The molecule has 0 aromatic heterocycles. The molecule has 0 spiro atoms. The van der Waals surface area contributed by atoms with Gasteiger partial charge in [0, 0.05) is 0 Å². The highest BCUT2D eigenvalue weighted by molar-refractivity contribution is 7.92. The van der Waals surface area contributed by atoms with Gasteiger partial charge in [0.25, 0.3) is 15.9 Å². The molecular formula is C18H20N2O4S. The van der Waals surface area contributed by atoms with Crippen LogP contribution in [0.4, 0.5) is 11.4 Å². The first kappa shape index (κ1) is 17.3. The summed E-state index contributed by atoms with van der Waals surface area (Å²) < 4.78 is 33.6. The van der Waals surface area contributed by atoms with Crippen LogP contribution in [-0.2, 0) is 14.8 Å². The zero-order valence-corrected chi connectivity index (χ0v) is 15.3. The molecule has 0 saturated heterocycles. The van der Waals surface area contributed by atoms with Gasteiger partial charge in [0.15, 0.2) is 5.60 Å². The van der Waals surface area contributed by atoms with Gasteiger partial charge in [0.2, 0.25) is 0 Å². The molecule has 0 aliphatic carbocycles. The summed E-state index contributed by atoms with van der Waals surface area (Å²) in [5.74, 6) is 0.0858. The van der Waals surface area contributed by atoms with Crippen molar-refractivity contribution >= 4 is 27.3 Å². The Morgan fingerprint density at radius 3 is 2.48 bits per heavy atom. The SMILES string of the molecule is Cc1ccc(S(=O)(=O)Nc2cccc3c2NC(=O)C(C)(C)O3)cc1C. The minimum absolute atomic E-state index is 0.164. The molecule has 0 saturated carbocycles. The molecule has 0 fully saturated rings. The number of carbonyl (C=O) groups excluding carboxylic acids is 1. The minimum atomic E-state index is -3.79. The number of benzene rings is 2. The van der Waals surface area contributed by atoms with Crippen LogP contribution in [0.1, 0.15) is 25.0 Å². The number of sulfonamides is 1. The van der Waals surface area contributed by atoms with Gasteiger partial charge in [-0.15, -0.1) is 0 Å². The van der Waals surface area contributed by atoms with Gasteiger partial charge in [-0.1, -0.05) is 12.1 Å². The molecule has 0 bridgehead atoms. The van der Waals surface area contributed by atoms with Crippen molar-refractivity contribution in [3.05, 3.63) is 47.5 Å². The largest absolute Gasteiger partial charge is 0.476 e. The van der Waals surface area contributed by atoms with Gasteiger partial charge < -0.3 is 10.1 Å². The number of nitrogens with one attached hydrogen (secondary N) is 2. The van der Waals surface area contributed by atoms with E-state index in [1.165, 1.54) is 0 Å². The van der Waals surface area contributed by atoms with Crippen molar-refractivity contribution in [1.82, 2.24) is 0 Å². The zero-order valence-electron chi connectivity index (χ0n) is 14.5. The average molecular weight is 360 g/mol. The van der Waals surface area contributed by atoms with Crippen LogP contribution in [0.5, 0.6) is 5.75 Å². The van der Waals surface area contributed by atoms with Crippen LogP contribution in [0.2, 0.25) is 0 Å². The Labute approximate surface area is 147 Å². The number of hydrogen-bond donors (Lipinski definition) is 2. The van der Waals surface area contributed by atoms with Gasteiger partial charge in [-0.2, -0.15) is 0 Å². The summed E-state index contributed by atoms with van der Waals surface area (Å²) in [7, 11) is -3.79. The fourth-order valence-corrected chi connectivity index (χ4v) is 3.66. The maximum absolute atomic E-state index is 12.7. The zero-order chi connectivity index (χ0) is 18.4. The topological polar surface area (TPSA) is 84.5 Å². The summed E-state index contributed by atoms with van der Waals surface area (Å²) >= 11 is 0. The van der Waals surface area contributed by atoms with E-state index in [0.717, 1.165) is 11.1 Å². The van der Waals surface area contributed by atoms with E-state index in [1.807, 2.05) is 13.8 Å². The van der Waals surface area contributed by atoms with E-state index in [-0.39, 0.29) is 16.5 Å². The van der Waals surface area contributed by atoms with Crippen molar-refractivity contribution < 1.29 is 17.9 Å². The monoisotopic (exact) mass is 360 g/mol. The molecule has 6 nitrogen and oxygen atoms in total. The van der Waals surface area contributed by atoms with Crippen molar-refractivity contribution in [2.75, 3.05) is 10.0 Å². The Balaban J connectivity index is 1.99. The molecule has 1 aliphatic rings. The van der Waals surface area contributed by atoms with E-state index in [2.05, 4.69) is 10.0 Å². The molecule has 132 valence electrons. The van der Waals surface area contributed by atoms with Crippen LogP contribution in [-0.4, -0.2) is 19.9 Å². The fraction of sp³-hybridized carbons (Fsp3) is 0.278. The number of hydrogen-bond acceptors (Lipinski definition) is 4. The molecule has 1 heterocycles. The second-order valence-electron chi connectivity index (χ2n) is 6.60. The predicted molar refractivity (Wildman–Crippen MR) is 96.5 cm³/mol. The Kier molecular flexibility index (Phi) is 3.99. The molecule has 3 rings (SSSR count). The highest BCUT2D eigenvalue weighted by Crippen LogP contribution is 2.39. The van der Waals surface area contributed by atoms with Crippen LogP contribution < -0.4 is 14.8 Å². The van der Waals surface area contributed by atoms with Crippen molar-refractivity contribution in [3.63, 3.8) is 0 Å². The number of carbonyl (C=O) groups is 1. The molecule has 0 unspecified atom stereocenters. The lowest BCUT2D eigenvalue weighted by Crippen LogP contribution is -2.45. The minimum Gasteiger partial charge on any atom is -0.476 e. The number of ether oxygens (including phenoxy) is 1. The van der Waals surface area contributed by atoms with Crippen LogP contribution in [0.25, 0.3) is 0 Å². The number of fused-ring (bicyclic) bond motifs is 1. The molecule has 2 aromatic carbocycles.